The van der Waals surface area contributed by atoms with Crippen LogP contribution in [0.1, 0.15) is 41.5 Å². The monoisotopic (exact) mass is 256 g/mol. The lowest BCUT2D eigenvalue weighted by atomic mass is 10.5. The van der Waals surface area contributed by atoms with Gasteiger partial charge in [-0.1, -0.05) is 18.2 Å². The van der Waals surface area contributed by atoms with E-state index in [1.165, 1.54) is 0 Å². The van der Waals surface area contributed by atoms with Crippen LogP contribution in [0.15, 0.2) is 35.5 Å². The summed E-state index contributed by atoms with van der Waals surface area (Å²) in [4.78, 5) is 0. The van der Waals surface area contributed by atoms with Gasteiger partial charge in [0.2, 0.25) is 0 Å². The third-order valence-corrected chi connectivity index (χ3v) is 4.34. The minimum Gasteiger partial charge on any atom is -0.488 e. The van der Waals surface area contributed by atoms with E-state index in [4.69, 9.17) is 13.3 Å². The zero-order chi connectivity index (χ0) is 13.5. The van der Waals surface area contributed by atoms with E-state index in [9.17, 15) is 0 Å². The average molecular weight is 256 g/mol. The highest BCUT2D eigenvalue weighted by atomic mass is 28.4. The maximum absolute atomic E-state index is 5.81. The van der Waals surface area contributed by atoms with Gasteiger partial charge in [-0.2, -0.15) is 0 Å². The molecule has 98 valence electrons. The molecule has 0 amide bonds. The van der Waals surface area contributed by atoms with E-state index in [0.717, 1.165) is 17.3 Å². The number of allylic oxidation sites excluding steroid dienone is 6. The van der Waals surface area contributed by atoms with E-state index in [-0.39, 0.29) is 0 Å². The highest BCUT2D eigenvalue weighted by Gasteiger charge is 2.42. The molecule has 0 radical (unpaired) electrons. The summed E-state index contributed by atoms with van der Waals surface area (Å²) < 4.78 is 17.4. The van der Waals surface area contributed by atoms with Crippen LogP contribution in [0, 0.1) is 0 Å². The Morgan fingerprint density at radius 2 is 0.941 bits per heavy atom. The van der Waals surface area contributed by atoms with Crippen LogP contribution in [0.2, 0.25) is 6.55 Å². The molecule has 0 saturated carbocycles. The minimum absolute atomic E-state index is 0.812. The van der Waals surface area contributed by atoms with Crippen molar-refractivity contribution in [3.63, 3.8) is 0 Å². The predicted octanol–water partition coefficient (Wildman–Crippen LogP) is 4.38. The quantitative estimate of drug-likeness (QED) is 0.521. The van der Waals surface area contributed by atoms with Crippen LogP contribution in [0.5, 0.6) is 0 Å². The maximum Gasteiger partial charge on any atom is 0.695 e. The first kappa shape index (κ1) is 15.8. The van der Waals surface area contributed by atoms with Crippen molar-refractivity contribution in [1.82, 2.24) is 0 Å². The normalized spacial score (nSPS) is 14.6. The lowest BCUT2D eigenvalue weighted by molar-refractivity contribution is 0.150. The van der Waals surface area contributed by atoms with Crippen LogP contribution in [0.25, 0.3) is 0 Å². The SMILES string of the molecule is C/C=C(/C)O[Si](C)(O/C(C)=C\C)O/C(C)=C\C. The topological polar surface area (TPSA) is 27.7 Å². The van der Waals surface area contributed by atoms with Gasteiger partial charge in [0.25, 0.3) is 0 Å². The Balaban J connectivity index is 4.92. The Morgan fingerprint density at radius 1 is 0.706 bits per heavy atom. The molecule has 0 saturated heterocycles. The second kappa shape index (κ2) is 7.22. The van der Waals surface area contributed by atoms with Crippen LogP contribution >= 0.6 is 0 Å². The van der Waals surface area contributed by atoms with E-state index in [0.29, 0.717) is 0 Å². The zero-order valence-corrected chi connectivity index (χ0v) is 13.0. The van der Waals surface area contributed by atoms with Gasteiger partial charge in [0.1, 0.15) is 0 Å². The van der Waals surface area contributed by atoms with Crippen molar-refractivity contribution in [2.75, 3.05) is 0 Å². The Labute approximate surface area is 106 Å². The molecular weight excluding hydrogens is 232 g/mol. The first-order valence-corrected chi connectivity index (χ1v) is 8.05. The fourth-order valence-electron chi connectivity index (χ4n) is 1.12. The Kier molecular flexibility index (Phi) is 6.73. The smallest absolute Gasteiger partial charge is 0.488 e. The van der Waals surface area contributed by atoms with Gasteiger partial charge in [-0.05, 0) is 41.5 Å². The van der Waals surface area contributed by atoms with Gasteiger partial charge in [-0.25, -0.2) is 0 Å². The summed E-state index contributed by atoms with van der Waals surface area (Å²) in [7, 11) is -2.71. The molecule has 0 fully saturated rings. The second-order valence-corrected chi connectivity index (χ2v) is 6.20. The molecule has 0 aliphatic rings. The van der Waals surface area contributed by atoms with Crippen molar-refractivity contribution in [2.45, 2.75) is 48.1 Å². The molecule has 4 heteroatoms. The molecule has 0 aromatic heterocycles. The second-order valence-electron chi connectivity index (χ2n) is 3.87. The van der Waals surface area contributed by atoms with Crippen molar-refractivity contribution in [3.8, 4) is 0 Å². The summed E-state index contributed by atoms with van der Waals surface area (Å²) in [6.07, 6.45) is 5.69. The highest BCUT2D eigenvalue weighted by Crippen LogP contribution is 2.20. The molecule has 0 aromatic carbocycles. The van der Waals surface area contributed by atoms with Gasteiger partial charge in [-0.15, -0.1) is 0 Å². The fraction of sp³-hybridized carbons (Fsp3) is 0.538. The van der Waals surface area contributed by atoms with Gasteiger partial charge >= 0.3 is 8.80 Å². The summed E-state index contributed by atoms with van der Waals surface area (Å²) in [5, 5.41) is 0. The largest absolute Gasteiger partial charge is 0.695 e. The summed E-state index contributed by atoms with van der Waals surface area (Å²) >= 11 is 0. The molecule has 0 spiro atoms. The van der Waals surface area contributed by atoms with Crippen LogP contribution in [0.4, 0.5) is 0 Å². The number of hydrogen-bond acceptors (Lipinski definition) is 3. The van der Waals surface area contributed by atoms with Gasteiger partial charge in [0.05, 0.1) is 17.3 Å². The van der Waals surface area contributed by atoms with Crippen molar-refractivity contribution in [1.29, 1.82) is 0 Å². The molecule has 0 rings (SSSR count). The van der Waals surface area contributed by atoms with Crippen molar-refractivity contribution in [3.05, 3.63) is 35.5 Å². The van der Waals surface area contributed by atoms with E-state index >= 15 is 0 Å². The van der Waals surface area contributed by atoms with Gasteiger partial charge in [-0.3, -0.25) is 0 Å². The van der Waals surface area contributed by atoms with Crippen LogP contribution < -0.4 is 0 Å². The molecule has 0 atom stereocenters. The van der Waals surface area contributed by atoms with Gasteiger partial charge < -0.3 is 13.3 Å². The number of rotatable bonds is 6. The number of hydrogen-bond donors (Lipinski definition) is 0. The standard InChI is InChI=1S/C13H24O3Si/c1-8-11(4)14-17(7,15-12(5)9-2)16-13(6)10-3/h8-10H,1-7H3/b11-8-,12-9-,13-10-. The molecule has 0 bridgehead atoms. The lowest BCUT2D eigenvalue weighted by Crippen LogP contribution is -2.41. The molecule has 0 aliphatic carbocycles. The fourth-order valence-corrected chi connectivity index (χ4v) is 3.35. The Bertz CT molecular complexity index is 279. The third-order valence-electron chi connectivity index (χ3n) is 2.26. The summed E-state index contributed by atoms with van der Waals surface area (Å²) in [6, 6.07) is 0. The Hall–Kier alpha value is -1.16. The summed E-state index contributed by atoms with van der Waals surface area (Å²) in [5.74, 6) is 2.44. The van der Waals surface area contributed by atoms with Crippen LogP contribution in [-0.2, 0) is 13.3 Å². The zero-order valence-electron chi connectivity index (χ0n) is 12.0. The van der Waals surface area contributed by atoms with Crippen molar-refractivity contribution in [2.24, 2.45) is 0 Å². The maximum atomic E-state index is 5.81. The average Bonchev–Trinajstić information content (AvgIpc) is 2.27. The van der Waals surface area contributed by atoms with Crippen LogP contribution in [0.3, 0.4) is 0 Å². The molecule has 3 nitrogen and oxygen atoms in total. The molecule has 0 aromatic rings. The van der Waals surface area contributed by atoms with E-state index in [1.54, 1.807) is 0 Å². The molecule has 0 unspecified atom stereocenters. The lowest BCUT2D eigenvalue weighted by Gasteiger charge is -2.28. The van der Waals surface area contributed by atoms with E-state index in [1.807, 2.05) is 66.3 Å². The molecular formula is C13H24O3Si. The summed E-state index contributed by atoms with van der Waals surface area (Å²) in [5.41, 5.74) is 0. The highest BCUT2D eigenvalue weighted by molar-refractivity contribution is 6.60. The molecule has 0 heterocycles. The van der Waals surface area contributed by atoms with Crippen molar-refractivity contribution < 1.29 is 13.3 Å². The van der Waals surface area contributed by atoms with Crippen molar-refractivity contribution >= 4 is 8.80 Å². The first-order chi connectivity index (χ1) is 7.86. The predicted molar refractivity (Wildman–Crippen MR) is 73.2 cm³/mol. The first-order valence-electron chi connectivity index (χ1n) is 5.82. The molecule has 0 aliphatic heterocycles. The molecule has 0 N–H and O–H groups in total. The van der Waals surface area contributed by atoms with Gasteiger partial charge in [0, 0.05) is 6.55 Å². The van der Waals surface area contributed by atoms with Gasteiger partial charge in [0.15, 0.2) is 0 Å². The third kappa shape index (κ3) is 6.21. The van der Waals surface area contributed by atoms with E-state index < -0.39 is 8.80 Å². The van der Waals surface area contributed by atoms with Crippen LogP contribution in [-0.4, -0.2) is 8.80 Å². The Morgan fingerprint density at radius 3 is 1.12 bits per heavy atom. The summed E-state index contributed by atoms with van der Waals surface area (Å²) in [6.45, 7) is 13.4. The molecule has 17 heavy (non-hydrogen) atoms. The van der Waals surface area contributed by atoms with E-state index in [2.05, 4.69) is 0 Å². The minimum atomic E-state index is -2.71.